The lowest BCUT2D eigenvalue weighted by molar-refractivity contribution is 0.282. The highest BCUT2D eigenvalue weighted by molar-refractivity contribution is 4.74. The molecule has 2 nitrogen and oxygen atoms in total. The Morgan fingerprint density at radius 2 is 1.94 bits per heavy atom. The minimum absolute atomic E-state index is 0.349. The fourth-order valence-electron chi connectivity index (χ4n) is 2.71. The van der Waals surface area contributed by atoms with Crippen molar-refractivity contribution in [3.63, 3.8) is 0 Å². The van der Waals surface area contributed by atoms with E-state index < -0.39 is 0 Å². The van der Waals surface area contributed by atoms with Crippen LogP contribution in [0.25, 0.3) is 0 Å². The number of unbranched alkanes of at least 4 members (excludes halogenated alkanes) is 2. The van der Waals surface area contributed by atoms with Crippen LogP contribution in [0.5, 0.6) is 0 Å². The number of hydrogen-bond donors (Lipinski definition) is 2. The summed E-state index contributed by atoms with van der Waals surface area (Å²) < 4.78 is 0. The molecule has 0 aromatic rings. The van der Waals surface area contributed by atoms with Crippen LogP contribution < -0.4 is 5.32 Å². The summed E-state index contributed by atoms with van der Waals surface area (Å²) in [6.45, 7) is 3.82. The van der Waals surface area contributed by atoms with Crippen molar-refractivity contribution in [3.8, 4) is 0 Å². The standard InChI is InChI=1S/C14H29NO/c1-2-13-7-6-8-14(10-9-13)15-11-4-3-5-12-16/h13-16H,2-12H2,1H3. The van der Waals surface area contributed by atoms with Crippen LogP contribution in [0.3, 0.4) is 0 Å². The van der Waals surface area contributed by atoms with Gasteiger partial charge in [-0.15, -0.1) is 0 Å². The van der Waals surface area contributed by atoms with Crippen molar-refractivity contribution in [2.45, 2.75) is 70.8 Å². The van der Waals surface area contributed by atoms with E-state index in [1.807, 2.05) is 0 Å². The minimum Gasteiger partial charge on any atom is -0.396 e. The van der Waals surface area contributed by atoms with E-state index in [2.05, 4.69) is 12.2 Å². The third-order valence-electron chi connectivity index (χ3n) is 3.93. The van der Waals surface area contributed by atoms with Crippen LogP contribution in [-0.4, -0.2) is 24.3 Å². The molecule has 1 fully saturated rings. The SMILES string of the molecule is CCC1CCCC(NCCCCCO)CC1. The fraction of sp³-hybridized carbons (Fsp3) is 1.00. The lowest BCUT2D eigenvalue weighted by Crippen LogP contribution is -2.29. The van der Waals surface area contributed by atoms with Gasteiger partial charge in [0.1, 0.15) is 0 Å². The summed E-state index contributed by atoms with van der Waals surface area (Å²) in [7, 11) is 0. The second-order valence-corrected chi connectivity index (χ2v) is 5.22. The average Bonchev–Trinajstić information content (AvgIpc) is 2.54. The van der Waals surface area contributed by atoms with Crippen LogP contribution in [0.4, 0.5) is 0 Å². The molecular formula is C14H29NO. The Morgan fingerprint density at radius 1 is 1.06 bits per heavy atom. The first-order chi connectivity index (χ1) is 7.86. The monoisotopic (exact) mass is 227 g/mol. The van der Waals surface area contributed by atoms with E-state index in [4.69, 9.17) is 5.11 Å². The Balaban J connectivity index is 2.03. The van der Waals surface area contributed by atoms with Crippen LogP contribution in [0.2, 0.25) is 0 Å². The third kappa shape index (κ3) is 5.86. The predicted octanol–water partition coefficient (Wildman–Crippen LogP) is 3.10. The molecule has 2 heteroatoms. The molecule has 96 valence electrons. The molecule has 0 heterocycles. The van der Waals surface area contributed by atoms with Gasteiger partial charge in [-0.2, -0.15) is 0 Å². The number of nitrogens with one attached hydrogen (secondary N) is 1. The van der Waals surface area contributed by atoms with E-state index in [0.29, 0.717) is 6.61 Å². The molecule has 2 N–H and O–H groups in total. The average molecular weight is 227 g/mol. The second-order valence-electron chi connectivity index (χ2n) is 5.22. The highest BCUT2D eigenvalue weighted by atomic mass is 16.2. The molecule has 0 bridgehead atoms. The molecule has 1 rings (SSSR count). The van der Waals surface area contributed by atoms with Gasteiger partial charge in [0.2, 0.25) is 0 Å². The van der Waals surface area contributed by atoms with Gasteiger partial charge in [0.25, 0.3) is 0 Å². The van der Waals surface area contributed by atoms with E-state index in [1.165, 1.54) is 44.9 Å². The molecule has 1 aliphatic rings. The Bertz CT molecular complexity index is 161. The molecule has 16 heavy (non-hydrogen) atoms. The fourth-order valence-corrected chi connectivity index (χ4v) is 2.71. The molecule has 0 aromatic carbocycles. The predicted molar refractivity (Wildman–Crippen MR) is 69.6 cm³/mol. The first-order valence-corrected chi connectivity index (χ1v) is 7.21. The minimum atomic E-state index is 0.349. The van der Waals surface area contributed by atoms with Crippen molar-refractivity contribution >= 4 is 0 Å². The van der Waals surface area contributed by atoms with E-state index in [1.54, 1.807) is 0 Å². The van der Waals surface area contributed by atoms with E-state index >= 15 is 0 Å². The molecule has 0 amide bonds. The van der Waals surface area contributed by atoms with E-state index in [-0.39, 0.29) is 0 Å². The molecule has 0 radical (unpaired) electrons. The van der Waals surface area contributed by atoms with Crippen LogP contribution in [0.15, 0.2) is 0 Å². The quantitative estimate of drug-likeness (QED) is 0.517. The van der Waals surface area contributed by atoms with Crippen molar-refractivity contribution in [1.29, 1.82) is 0 Å². The van der Waals surface area contributed by atoms with Crippen molar-refractivity contribution in [2.24, 2.45) is 5.92 Å². The highest BCUT2D eigenvalue weighted by Gasteiger charge is 2.16. The maximum absolute atomic E-state index is 8.69. The smallest absolute Gasteiger partial charge is 0.0431 e. The normalized spacial score (nSPS) is 26.6. The van der Waals surface area contributed by atoms with Crippen molar-refractivity contribution in [2.75, 3.05) is 13.2 Å². The summed E-state index contributed by atoms with van der Waals surface area (Å²) >= 11 is 0. The molecule has 1 aliphatic carbocycles. The first-order valence-electron chi connectivity index (χ1n) is 7.21. The second kappa shape index (κ2) is 9.00. The van der Waals surface area contributed by atoms with E-state index in [9.17, 15) is 0 Å². The molecule has 0 aliphatic heterocycles. The van der Waals surface area contributed by atoms with Crippen LogP contribution in [0, 0.1) is 5.92 Å². The van der Waals surface area contributed by atoms with Gasteiger partial charge in [-0.3, -0.25) is 0 Å². The number of hydrogen-bond acceptors (Lipinski definition) is 2. The highest BCUT2D eigenvalue weighted by Crippen LogP contribution is 2.25. The van der Waals surface area contributed by atoms with Gasteiger partial charge in [-0.1, -0.05) is 26.2 Å². The molecule has 0 aromatic heterocycles. The molecule has 0 spiro atoms. The van der Waals surface area contributed by atoms with Crippen molar-refractivity contribution in [3.05, 3.63) is 0 Å². The maximum atomic E-state index is 8.69. The van der Waals surface area contributed by atoms with Gasteiger partial charge in [-0.05, 0) is 51.0 Å². The van der Waals surface area contributed by atoms with Gasteiger partial charge in [0, 0.05) is 12.6 Å². The molecule has 2 atom stereocenters. The topological polar surface area (TPSA) is 32.3 Å². The lowest BCUT2D eigenvalue weighted by atomic mass is 9.98. The largest absolute Gasteiger partial charge is 0.396 e. The van der Waals surface area contributed by atoms with Crippen LogP contribution in [-0.2, 0) is 0 Å². The molecule has 1 saturated carbocycles. The van der Waals surface area contributed by atoms with Gasteiger partial charge < -0.3 is 10.4 Å². The summed E-state index contributed by atoms with van der Waals surface area (Å²) in [5.41, 5.74) is 0. The summed E-state index contributed by atoms with van der Waals surface area (Å²) in [6.07, 6.45) is 11.7. The molecule has 2 unspecified atom stereocenters. The van der Waals surface area contributed by atoms with Crippen LogP contribution >= 0.6 is 0 Å². The summed E-state index contributed by atoms with van der Waals surface area (Å²) in [5, 5.41) is 12.4. The number of rotatable bonds is 7. The summed E-state index contributed by atoms with van der Waals surface area (Å²) in [5.74, 6) is 0.987. The summed E-state index contributed by atoms with van der Waals surface area (Å²) in [4.78, 5) is 0. The maximum Gasteiger partial charge on any atom is 0.0431 e. The first kappa shape index (κ1) is 14.0. The van der Waals surface area contributed by atoms with Crippen molar-refractivity contribution in [1.82, 2.24) is 5.32 Å². The van der Waals surface area contributed by atoms with Gasteiger partial charge in [-0.25, -0.2) is 0 Å². The Kier molecular flexibility index (Phi) is 7.87. The number of aliphatic hydroxyl groups excluding tert-OH is 1. The Morgan fingerprint density at radius 3 is 2.69 bits per heavy atom. The molecule has 0 saturated heterocycles. The summed E-state index contributed by atoms with van der Waals surface area (Å²) in [6, 6.07) is 0.769. The van der Waals surface area contributed by atoms with E-state index in [0.717, 1.165) is 31.3 Å². The van der Waals surface area contributed by atoms with Crippen LogP contribution in [0.1, 0.15) is 64.7 Å². The number of aliphatic hydroxyl groups is 1. The zero-order valence-electron chi connectivity index (χ0n) is 10.9. The van der Waals surface area contributed by atoms with Gasteiger partial charge in [0.15, 0.2) is 0 Å². The van der Waals surface area contributed by atoms with Crippen molar-refractivity contribution < 1.29 is 5.11 Å². The lowest BCUT2D eigenvalue weighted by Gasteiger charge is -2.16. The van der Waals surface area contributed by atoms with Gasteiger partial charge in [0.05, 0.1) is 0 Å². The third-order valence-corrected chi connectivity index (χ3v) is 3.93. The zero-order valence-corrected chi connectivity index (χ0v) is 10.9. The molecular weight excluding hydrogens is 198 g/mol. The van der Waals surface area contributed by atoms with Gasteiger partial charge >= 0.3 is 0 Å². The Hall–Kier alpha value is -0.0800. The Labute approximate surface area is 101 Å². The zero-order chi connectivity index (χ0) is 11.6.